The van der Waals surface area contributed by atoms with Crippen molar-refractivity contribution >= 4 is 30.0 Å². The first kappa shape index (κ1) is 17.8. The fourth-order valence-corrected chi connectivity index (χ4v) is 3.00. The monoisotopic (exact) mass is 361 g/mol. The van der Waals surface area contributed by atoms with Crippen LogP contribution in [0.15, 0.2) is 109 Å². The van der Waals surface area contributed by atoms with Gasteiger partial charge < -0.3 is 4.65 Å². The molecule has 0 amide bonds. The van der Waals surface area contributed by atoms with E-state index in [1.165, 1.54) is 0 Å². The highest BCUT2D eigenvalue weighted by molar-refractivity contribution is 6.65. The average Bonchev–Trinajstić information content (AvgIpc) is 2.77. The molecule has 0 aliphatic heterocycles. The predicted octanol–water partition coefficient (Wildman–Crippen LogP) is 6.11. The zero-order valence-corrected chi connectivity index (χ0v) is 15.5. The number of para-hydroxylation sites is 1. The summed E-state index contributed by atoms with van der Waals surface area (Å²) in [5.74, 6) is 4.91. The quantitative estimate of drug-likeness (QED) is 0.387. The lowest BCUT2D eigenvalue weighted by Crippen LogP contribution is -2.17. The minimum Gasteiger partial charge on any atom is -0.551 e. The first-order chi connectivity index (χ1) is 13.9. The molecule has 4 aromatic rings. The van der Waals surface area contributed by atoms with Gasteiger partial charge in [0, 0.05) is 11.6 Å². The molecule has 0 N–H and O–H groups in total. The molecule has 3 aromatic carbocycles. The van der Waals surface area contributed by atoms with E-state index in [0.717, 1.165) is 27.8 Å². The summed E-state index contributed by atoms with van der Waals surface area (Å²) in [4.78, 5) is 4.50. The zero-order chi connectivity index (χ0) is 19.0. The van der Waals surface area contributed by atoms with Crippen molar-refractivity contribution in [3.63, 3.8) is 0 Å². The van der Waals surface area contributed by atoms with Gasteiger partial charge in [0.05, 0.1) is 0 Å². The molecule has 2 nitrogen and oxygen atoms in total. The molecule has 0 aliphatic carbocycles. The maximum Gasteiger partial charge on any atom is 0.411 e. The van der Waals surface area contributed by atoms with Crippen LogP contribution in [0.5, 0.6) is 5.75 Å². The van der Waals surface area contributed by atoms with Crippen LogP contribution in [0, 0.1) is 0 Å². The van der Waals surface area contributed by atoms with Crippen molar-refractivity contribution in [2.75, 3.05) is 0 Å². The molecule has 1 heterocycles. The van der Waals surface area contributed by atoms with E-state index in [1.54, 1.807) is 6.20 Å². The first-order valence-electron chi connectivity index (χ1n) is 9.35. The lowest BCUT2D eigenvalue weighted by molar-refractivity contribution is 0.596. The fraction of sp³-hybridized carbons (Fsp3) is 0. The van der Waals surface area contributed by atoms with Gasteiger partial charge in [0.2, 0.25) is 0 Å². The van der Waals surface area contributed by atoms with Gasteiger partial charge in [0.1, 0.15) is 11.3 Å². The van der Waals surface area contributed by atoms with Gasteiger partial charge in [-0.05, 0) is 23.3 Å². The molecule has 0 spiro atoms. The van der Waals surface area contributed by atoms with E-state index in [0.29, 0.717) is 0 Å². The van der Waals surface area contributed by atoms with Crippen LogP contribution in [0.1, 0.15) is 11.1 Å². The minimum atomic E-state index is -0.215. The summed E-state index contributed by atoms with van der Waals surface area (Å²) in [6.45, 7) is -0.215. The van der Waals surface area contributed by atoms with Gasteiger partial charge in [-0.25, -0.2) is 0 Å². The van der Waals surface area contributed by atoms with Crippen LogP contribution in [0.4, 0.5) is 0 Å². The number of rotatable bonds is 6. The Morgan fingerprint density at radius 3 is 1.89 bits per heavy atom. The Morgan fingerprint density at radius 1 is 0.643 bits per heavy atom. The smallest absolute Gasteiger partial charge is 0.411 e. The van der Waals surface area contributed by atoms with Crippen molar-refractivity contribution in [1.29, 1.82) is 0 Å². The van der Waals surface area contributed by atoms with Crippen LogP contribution in [-0.2, 0) is 0 Å². The summed E-state index contributed by atoms with van der Waals surface area (Å²) in [5, 5.41) is 1.07. The predicted molar refractivity (Wildman–Crippen MR) is 119 cm³/mol. The third-order valence-corrected chi connectivity index (χ3v) is 4.41. The molecular weight excluding hydrogens is 341 g/mol. The minimum absolute atomic E-state index is 0.215. The molecule has 0 bridgehead atoms. The highest BCUT2D eigenvalue weighted by Gasteiger charge is 2.13. The Bertz CT molecular complexity index is 1040. The van der Waals surface area contributed by atoms with E-state index in [9.17, 15) is 0 Å². The van der Waals surface area contributed by atoms with Crippen molar-refractivity contribution in [2.24, 2.45) is 0 Å². The molecule has 1 aromatic heterocycles. The standard InChI is InChI=1S/C25H20BNO/c1-3-9-21(10-4-1)16-18-26(19-17-22-11-5-2-6-12-22)28-24-15-7-13-23-14-8-20-27-25(23)24/h1-20H/b18-16+,19-17+. The number of benzene rings is 3. The first-order valence-corrected chi connectivity index (χ1v) is 9.35. The van der Waals surface area contributed by atoms with Crippen molar-refractivity contribution in [1.82, 2.24) is 4.98 Å². The Hall–Kier alpha value is -3.59. The second-order valence-electron chi connectivity index (χ2n) is 6.45. The molecule has 3 heteroatoms. The highest BCUT2D eigenvalue weighted by atomic mass is 16.4. The van der Waals surface area contributed by atoms with Crippen LogP contribution in [0.25, 0.3) is 23.1 Å². The lowest BCUT2D eigenvalue weighted by Gasteiger charge is -2.12. The second kappa shape index (κ2) is 8.87. The Balaban J connectivity index is 1.63. The lowest BCUT2D eigenvalue weighted by atomic mass is 9.67. The molecule has 0 aliphatic rings. The Morgan fingerprint density at radius 2 is 1.25 bits per heavy atom. The summed E-state index contributed by atoms with van der Waals surface area (Å²) >= 11 is 0. The molecule has 0 saturated carbocycles. The van der Waals surface area contributed by atoms with Crippen molar-refractivity contribution < 1.29 is 4.65 Å². The summed E-state index contributed by atoms with van der Waals surface area (Å²) in [6, 6.07) is 30.5. The highest BCUT2D eigenvalue weighted by Crippen LogP contribution is 2.24. The molecule has 0 atom stereocenters. The van der Waals surface area contributed by atoms with Crippen LogP contribution >= 0.6 is 0 Å². The number of aromatic nitrogens is 1. The van der Waals surface area contributed by atoms with Gasteiger partial charge in [-0.2, -0.15) is 0 Å². The molecule has 4 rings (SSSR count). The SMILES string of the molecule is C(=C\c1ccccc1)/B(/C=C/c1ccccc1)Oc1cccc2cccnc12. The average molecular weight is 361 g/mol. The molecule has 0 radical (unpaired) electrons. The second-order valence-corrected chi connectivity index (χ2v) is 6.45. The van der Waals surface area contributed by atoms with Gasteiger partial charge in [-0.1, -0.05) is 103 Å². The number of fused-ring (bicyclic) bond motifs is 1. The summed E-state index contributed by atoms with van der Waals surface area (Å²) in [5.41, 5.74) is 3.15. The molecule has 134 valence electrons. The maximum absolute atomic E-state index is 6.34. The van der Waals surface area contributed by atoms with E-state index in [2.05, 4.69) is 53.4 Å². The number of nitrogens with zero attached hydrogens (tertiary/aromatic N) is 1. The Kier molecular flexibility index (Phi) is 5.64. The van der Waals surface area contributed by atoms with Gasteiger partial charge in [-0.3, -0.25) is 4.98 Å². The van der Waals surface area contributed by atoms with Crippen LogP contribution in [0.2, 0.25) is 0 Å². The van der Waals surface area contributed by atoms with Crippen molar-refractivity contribution in [2.45, 2.75) is 0 Å². The van der Waals surface area contributed by atoms with Gasteiger partial charge >= 0.3 is 6.92 Å². The van der Waals surface area contributed by atoms with Crippen molar-refractivity contribution in [3.8, 4) is 5.75 Å². The maximum atomic E-state index is 6.34. The number of hydrogen-bond donors (Lipinski definition) is 0. The largest absolute Gasteiger partial charge is 0.551 e. The zero-order valence-electron chi connectivity index (χ0n) is 15.5. The normalized spacial score (nSPS) is 11.3. The topological polar surface area (TPSA) is 22.1 Å². The van der Waals surface area contributed by atoms with E-state index in [-0.39, 0.29) is 6.92 Å². The molecule has 0 saturated heterocycles. The summed E-state index contributed by atoms with van der Waals surface area (Å²) in [6.07, 6.45) is 5.96. The van der Waals surface area contributed by atoms with Crippen LogP contribution in [0.3, 0.4) is 0 Å². The van der Waals surface area contributed by atoms with E-state index in [1.807, 2.05) is 66.7 Å². The number of pyridine rings is 1. The van der Waals surface area contributed by atoms with Gasteiger partial charge in [0.25, 0.3) is 0 Å². The van der Waals surface area contributed by atoms with E-state index >= 15 is 0 Å². The van der Waals surface area contributed by atoms with Crippen molar-refractivity contribution in [3.05, 3.63) is 120 Å². The van der Waals surface area contributed by atoms with E-state index < -0.39 is 0 Å². The van der Waals surface area contributed by atoms with Gasteiger partial charge in [0.15, 0.2) is 0 Å². The molecule has 0 fully saturated rings. The third-order valence-electron chi connectivity index (χ3n) is 4.41. The third kappa shape index (κ3) is 4.57. The van der Waals surface area contributed by atoms with Crippen LogP contribution in [-0.4, -0.2) is 11.9 Å². The van der Waals surface area contributed by atoms with E-state index in [4.69, 9.17) is 4.65 Å². The molecule has 28 heavy (non-hydrogen) atoms. The molecule has 0 unspecified atom stereocenters. The number of hydrogen-bond acceptors (Lipinski definition) is 2. The molecular formula is C25H20BNO. The van der Waals surface area contributed by atoms with Crippen LogP contribution < -0.4 is 4.65 Å². The Labute approximate surface area is 165 Å². The summed E-state index contributed by atoms with van der Waals surface area (Å²) < 4.78 is 6.34. The van der Waals surface area contributed by atoms with Gasteiger partial charge in [-0.15, -0.1) is 0 Å². The fourth-order valence-electron chi connectivity index (χ4n) is 3.00. The summed E-state index contributed by atoms with van der Waals surface area (Å²) in [7, 11) is 0.